The highest BCUT2D eigenvalue weighted by Gasteiger charge is 2.42. The SMILES string of the molecule is C#CC1(n2cnc3c(N)ncnc32)CCC(COC(=O)C(C)C)O1. The summed E-state index contributed by atoms with van der Waals surface area (Å²) < 4.78 is 13.0. The smallest absolute Gasteiger partial charge is 0.308 e. The average Bonchev–Trinajstić information content (AvgIpc) is 3.18. The zero-order valence-corrected chi connectivity index (χ0v) is 13.6. The van der Waals surface area contributed by atoms with Gasteiger partial charge < -0.3 is 15.2 Å². The number of aromatic nitrogens is 4. The van der Waals surface area contributed by atoms with E-state index in [0.717, 1.165) is 0 Å². The summed E-state index contributed by atoms with van der Waals surface area (Å²) in [6.45, 7) is 3.74. The molecule has 0 radical (unpaired) electrons. The van der Waals surface area contributed by atoms with Gasteiger partial charge in [-0.15, -0.1) is 6.42 Å². The highest BCUT2D eigenvalue weighted by molar-refractivity contribution is 5.81. The second kappa shape index (κ2) is 6.09. The van der Waals surface area contributed by atoms with Crippen LogP contribution in [0.2, 0.25) is 0 Å². The van der Waals surface area contributed by atoms with E-state index in [0.29, 0.717) is 24.0 Å². The molecule has 2 aromatic heterocycles. The Balaban J connectivity index is 1.82. The fraction of sp³-hybridized carbons (Fsp3) is 0.500. The second-order valence-corrected chi connectivity index (χ2v) is 6.04. The molecule has 8 nitrogen and oxygen atoms in total. The van der Waals surface area contributed by atoms with E-state index in [2.05, 4.69) is 20.9 Å². The minimum Gasteiger partial charge on any atom is -0.463 e. The van der Waals surface area contributed by atoms with Gasteiger partial charge in [-0.1, -0.05) is 13.8 Å². The number of terminal acetylenes is 1. The molecule has 1 aliphatic rings. The molecule has 0 spiro atoms. The molecule has 0 amide bonds. The maximum absolute atomic E-state index is 11.6. The van der Waals surface area contributed by atoms with Crippen LogP contribution in [0.5, 0.6) is 0 Å². The van der Waals surface area contributed by atoms with Crippen molar-refractivity contribution in [3.8, 4) is 12.3 Å². The molecule has 3 rings (SSSR count). The Kier molecular flexibility index (Phi) is 4.11. The van der Waals surface area contributed by atoms with Crippen molar-refractivity contribution in [2.75, 3.05) is 12.3 Å². The Labute approximate surface area is 139 Å². The van der Waals surface area contributed by atoms with E-state index >= 15 is 0 Å². The summed E-state index contributed by atoms with van der Waals surface area (Å²) in [6, 6.07) is 0. The lowest BCUT2D eigenvalue weighted by Crippen LogP contribution is -2.33. The molecule has 8 heteroatoms. The number of carbonyl (C=O) groups excluding carboxylic acids is 1. The normalized spacial score (nSPS) is 23.5. The number of nitrogen functional groups attached to an aromatic ring is 1. The molecule has 1 fully saturated rings. The third kappa shape index (κ3) is 2.67. The molecule has 2 N–H and O–H groups in total. The van der Waals surface area contributed by atoms with Crippen LogP contribution in [0.4, 0.5) is 5.82 Å². The van der Waals surface area contributed by atoms with Crippen LogP contribution in [0, 0.1) is 18.3 Å². The molecule has 1 aliphatic heterocycles. The highest BCUT2D eigenvalue weighted by atomic mass is 16.6. The fourth-order valence-electron chi connectivity index (χ4n) is 2.68. The minimum atomic E-state index is -1.02. The van der Waals surface area contributed by atoms with Crippen LogP contribution < -0.4 is 5.73 Å². The Morgan fingerprint density at radius 2 is 2.38 bits per heavy atom. The van der Waals surface area contributed by atoms with Crippen LogP contribution in [0.15, 0.2) is 12.7 Å². The van der Waals surface area contributed by atoms with Crippen molar-refractivity contribution in [1.29, 1.82) is 0 Å². The third-order valence-electron chi connectivity index (χ3n) is 4.03. The number of ether oxygens (including phenoxy) is 2. The first kappa shape index (κ1) is 16.2. The average molecular weight is 329 g/mol. The van der Waals surface area contributed by atoms with Gasteiger partial charge in [-0.05, 0) is 12.3 Å². The van der Waals surface area contributed by atoms with Crippen molar-refractivity contribution < 1.29 is 14.3 Å². The molecular formula is C16H19N5O3. The summed E-state index contributed by atoms with van der Waals surface area (Å²) in [7, 11) is 0. The predicted octanol–water partition coefficient (Wildman–Crippen LogP) is 1.07. The van der Waals surface area contributed by atoms with E-state index in [-0.39, 0.29) is 30.4 Å². The molecule has 0 aliphatic carbocycles. The quantitative estimate of drug-likeness (QED) is 0.660. The Bertz CT molecular complexity index is 810. The monoisotopic (exact) mass is 329 g/mol. The highest BCUT2D eigenvalue weighted by Crippen LogP contribution is 2.36. The summed E-state index contributed by atoms with van der Waals surface area (Å²) in [5.41, 5.74) is 5.78. The van der Waals surface area contributed by atoms with Crippen molar-refractivity contribution >= 4 is 23.0 Å². The predicted molar refractivity (Wildman–Crippen MR) is 86.4 cm³/mol. The first-order valence-corrected chi connectivity index (χ1v) is 7.73. The number of nitrogens with zero attached hydrogens (tertiary/aromatic N) is 4. The maximum atomic E-state index is 11.6. The topological polar surface area (TPSA) is 105 Å². The zero-order chi connectivity index (χ0) is 17.3. The summed E-state index contributed by atoms with van der Waals surface area (Å²) in [5.74, 6) is 2.54. The maximum Gasteiger partial charge on any atom is 0.308 e. The molecule has 0 bridgehead atoms. The summed E-state index contributed by atoms with van der Waals surface area (Å²) in [4.78, 5) is 24.0. The van der Waals surface area contributed by atoms with Gasteiger partial charge in [-0.3, -0.25) is 9.36 Å². The molecule has 0 saturated carbocycles. The van der Waals surface area contributed by atoms with Gasteiger partial charge in [0.1, 0.15) is 24.8 Å². The number of rotatable bonds is 4. The van der Waals surface area contributed by atoms with Crippen molar-refractivity contribution in [2.45, 2.75) is 38.5 Å². The van der Waals surface area contributed by atoms with Gasteiger partial charge in [0.25, 0.3) is 0 Å². The second-order valence-electron chi connectivity index (χ2n) is 6.04. The Hall–Kier alpha value is -2.66. The fourth-order valence-corrected chi connectivity index (χ4v) is 2.68. The van der Waals surface area contributed by atoms with Gasteiger partial charge in [0.15, 0.2) is 11.5 Å². The summed E-state index contributed by atoms with van der Waals surface area (Å²) in [6.07, 6.45) is 9.60. The van der Waals surface area contributed by atoms with Gasteiger partial charge >= 0.3 is 5.97 Å². The molecule has 2 aromatic rings. The number of hydrogen-bond acceptors (Lipinski definition) is 7. The number of fused-ring (bicyclic) bond motifs is 1. The lowest BCUT2D eigenvalue weighted by atomic mass is 10.1. The number of esters is 1. The van der Waals surface area contributed by atoms with Crippen molar-refractivity contribution in [1.82, 2.24) is 19.5 Å². The van der Waals surface area contributed by atoms with E-state index in [1.54, 1.807) is 24.7 Å². The van der Waals surface area contributed by atoms with E-state index in [4.69, 9.17) is 21.6 Å². The standard InChI is InChI=1S/C16H19N5O3/c1-4-16(6-5-11(24-16)7-23-15(22)10(2)3)21-9-20-12-13(17)18-8-19-14(12)21/h1,8-11H,5-7H2,2-3H3,(H2,17,18,19). The number of anilines is 1. The van der Waals surface area contributed by atoms with Gasteiger partial charge in [0.2, 0.25) is 5.72 Å². The Morgan fingerprint density at radius 1 is 1.58 bits per heavy atom. The number of carbonyl (C=O) groups is 1. The number of imidazole rings is 1. The Morgan fingerprint density at radius 3 is 3.08 bits per heavy atom. The first-order chi connectivity index (χ1) is 11.5. The van der Waals surface area contributed by atoms with E-state index in [1.807, 2.05) is 0 Å². The zero-order valence-electron chi connectivity index (χ0n) is 13.6. The van der Waals surface area contributed by atoms with Crippen LogP contribution in [-0.4, -0.2) is 38.2 Å². The van der Waals surface area contributed by atoms with E-state index in [1.165, 1.54) is 6.33 Å². The van der Waals surface area contributed by atoms with Gasteiger partial charge in [-0.25, -0.2) is 15.0 Å². The van der Waals surface area contributed by atoms with Crippen LogP contribution in [-0.2, 0) is 20.0 Å². The molecule has 2 atom stereocenters. The molecule has 126 valence electrons. The lowest BCUT2D eigenvalue weighted by Gasteiger charge is -2.25. The van der Waals surface area contributed by atoms with Crippen molar-refractivity contribution in [3.05, 3.63) is 12.7 Å². The molecular weight excluding hydrogens is 310 g/mol. The van der Waals surface area contributed by atoms with Gasteiger partial charge in [-0.2, -0.15) is 0 Å². The van der Waals surface area contributed by atoms with Crippen LogP contribution in [0.25, 0.3) is 11.2 Å². The molecule has 24 heavy (non-hydrogen) atoms. The van der Waals surface area contributed by atoms with Crippen LogP contribution >= 0.6 is 0 Å². The van der Waals surface area contributed by atoms with Crippen LogP contribution in [0.1, 0.15) is 26.7 Å². The largest absolute Gasteiger partial charge is 0.463 e. The number of hydrogen-bond donors (Lipinski definition) is 1. The van der Waals surface area contributed by atoms with Gasteiger partial charge in [0.05, 0.1) is 12.0 Å². The van der Waals surface area contributed by atoms with Crippen molar-refractivity contribution in [3.63, 3.8) is 0 Å². The molecule has 2 unspecified atom stereocenters. The molecule has 1 saturated heterocycles. The third-order valence-corrected chi connectivity index (χ3v) is 4.03. The van der Waals surface area contributed by atoms with Crippen LogP contribution in [0.3, 0.4) is 0 Å². The number of nitrogens with two attached hydrogens (primary N) is 1. The summed E-state index contributed by atoms with van der Waals surface area (Å²) >= 11 is 0. The van der Waals surface area contributed by atoms with E-state index < -0.39 is 5.72 Å². The van der Waals surface area contributed by atoms with E-state index in [9.17, 15) is 4.79 Å². The molecule has 0 aromatic carbocycles. The molecule has 3 heterocycles. The van der Waals surface area contributed by atoms with Crippen molar-refractivity contribution in [2.24, 2.45) is 5.92 Å². The van der Waals surface area contributed by atoms with Gasteiger partial charge in [0, 0.05) is 6.42 Å². The first-order valence-electron chi connectivity index (χ1n) is 7.73. The lowest BCUT2D eigenvalue weighted by molar-refractivity contribution is -0.154. The minimum absolute atomic E-state index is 0.171. The summed E-state index contributed by atoms with van der Waals surface area (Å²) in [5, 5.41) is 0.